The molecule has 0 bridgehead atoms. The standard InChI is InChI=1S/C17H30.C8H16.C6H12.2C2H6/c1-13-8-10-15(11-9-13)17-7-3-6-16(12-17)14-4-2-5-14;1-7-3-5-8(2)6-4-7;1-6-4-2-3-5-6;2*1-2/h13-17H,2-12H2,1H3;7-8H,3-6H2,1-2H3;6H,2-5H2,1H3;2*1-2H3. The van der Waals surface area contributed by atoms with Gasteiger partial charge in [-0.25, -0.2) is 0 Å². The lowest BCUT2D eigenvalue weighted by atomic mass is 9.63. The minimum Gasteiger partial charge on any atom is -0.0683 e. The van der Waals surface area contributed by atoms with Gasteiger partial charge in [0.05, 0.1) is 0 Å². The molecule has 0 saturated heterocycles. The van der Waals surface area contributed by atoms with Crippen LogP contribution in [0.25, 0.3) is 0 Å². The fourth-order valence-electron chi connectivity index (χ4n) is 7.35. The first-order chi connectivity index (χ1) is 17.0. The first-order valence-corrected chi connectivity index (χ1v) is 17.0. The molecule has 5 aliphatic rings. The Kier molecular flexibility index (Phi) is 18.9. The molecule has 0 aromatic carbocycles. The molecule has 0 aliphatic heterocycles. The fourth-order valence-corrected chi connectivity index (χ4v) is 7.35. The summed E-state index contributed by atoms with van der Waals surface area (Å²) in [7, 11) is 0. The van der Waals surface area contributed by atoms with Gasteiger partial charge in [-0.15, -0.1) is 0 Å². The van der Waals surface area contributed by atoms with Crippen LogP contribution in [0.3, 0.4) is 0 Å². The Morgan fingerprint density at radius 2 is 0.571 bits per heavy atom. The van der Waals surface area contributed by atoms with E-state index in [1.165, 1.54) is 70.6 Å². The number of rotatable bonds is 2. The molecule has 5 saturated carbocycles. The quantitative estimate of drug-likeness (QED) is 0.361. The molecule has 0 heterocycles. The summed E-state index contributed by atoms with van der Waals surface area (Å²) in [5.41, 5.74) is 0. The van der Waals surface area contributed by atoms with Crippen molar-refractivity contribution in [2.45, 2.75) is 177 Å². The fraction of sp³-hybridized carbons (Fsp3) is 1.00. The van der Waals surface area contributed by atoms with E-state index in [4.69, 9.17) is 0 Å². The van der Waals surface area contributed by atoms with Crippen molar-refractivity contribution in [2.75, 3.05) is 0 Å². The molecule has 2 atom stereocenters. The second-order valence-corrected chi connectivity index (χ2v) is 13.2. The van der Waals surface area contributed by atoms with Gasteiger partial charge in [0, 0.05) is 0 Å². The molecule has 0 amide bonds. The van der Waals surface area contributed by atoms with E-state index in [0.29, 0.717) is 0 Å². The van der Waals surface area contributed by atoms with E-state index in [-0.39, 0.29) is 0 Å². The zero-order chi connectivity index (χ0) is 26.1. The molecular formula is C35H70. The van der Waals surface area contributed by atoms with Crippen molar-refractivity contribution >= 4 is 0 Å². The Hall–Kier alpha value is 0. The first kappa shape index (κ1) is 33.0. The van der Waals surface area contributed by atoms with Crippen LogP contribution in [-0.4, -0.2) is 0 Å². The van der Waals surface area contributed by atoms with Crippen LogP contribution in [0.1, 0.15) is 177 Å². The maximum atomic E-state index is 2.45. The van der Waals surface area contributed by atoms with E-state index in [0.717, 1.165) is 47.3 Å². The number of hydrogen-bond donors (Lipinski definition) is 0. The molecule has 0 nitrogen and oxygen atoms in total. The first-order valence-electron chi connectivity index (χ1n) is 17.0. The van der Waals surface area contributed by atoms with Crippen molar-refractivity contribution in [3.05, 3.63) is 0 Å². The van der Waals surface area contributed by atoms with Gasteiger partial charge in [0.2, 0.25) is 0 Å². The molecule has 0 heteroatoms. The second-order valence-electron chi connectivity index (χ2n) is 13.2. The molecule has 0 radical (unpaired) electrons. The van der Waals surface area contributed by atoms with Gasteiger partial charge in [-0.3, -0.25) is 0 Å². The van der Waals surface area contributed by atoms with E-state index >= 15 is 0 Å². The zero-order valence-corrected chi connectivity index (χ0v) is 26.1. The van der Waals surface area contributed by atoms with Crippen molar-refractivity contribution in [3.63, 3.8) is 0 Å². The van der Waals surface area contributed by atoms with Gasteiger partial charge in [0.15, 0.2) is 0 Å². The highest BCUT2D eigenvalue weighted by Gasteiger charge is 2.35. The maximum Gasteiger partial charge on any atom is -0.0383 e. The average molecular weight is 491 g/mol. The van der Waals surface area contributed by atoms with E-state index in [9.17, 15) is 0 Å². The van der Waals surface area contributed by atoms with E-state index < -0.39 is 0 Å². The molecule has 5 aliphatic carbocycles. The maximum absolute atomic E-state index is 2.45. The van der Waals surface area contributed by atoms with Crippen LogP contribution < -0.4 is 0 Å². The summed E-state index contributed by atoms with van der Waals surface area (Å²) in [6, 6.07) is 0. The molecule has 0 aromatic heterocycles. The third-order valence-electron chi connectivity index (χ3n) is 10.2. The monoisotopic (exact) mass is 491 g/mol. The van der Waals surface area contributed by atoms with Crippen LogP contribution >= 0.6 is 0 Å². The Labute approximate surface area is 224 Å². The smallest absolute Gasteiger partial charge is 0.0383 e. The van der Waals surface area contributed by atoms with Crippen LogP contribution in [0, 0.1) is 47.3 Å². The summed E-state index contributed by atoms with van der Waals surface area (Å²) >= 11 is 0. The number of hydrogen-bond acceptors (Lipinski definition) is 0. The van der Waals surface area contributed by atoms with Crippen molar-refractivity contribution in [3.8, 4) is 0 Å². The Balaban J connectivity index is 0.000000283. The SMILES string of the molecule is CC.CC.CC1CCC(C)CC1.CC1CCC(C2CCCC(C3CCC3)C2)CC1.CC1CCCC1. The topological polar surface area (TPSA) is 0 Å². The van der Waals surface area contributed by atoms with Crippen molar-refractivity contribution < 1.29 is 0 Å². The van der Waals surface area contributed by atoms with Gasteiger partial charge >= 0.3 is 0 Å². The van der Waals surface area contributed by atoms with Crippen LogP contribution in [0.2, 0.25) is 0 Å². The highest BCUT2D eigenvalue weighted by Crippen LogP contribution is 2.47. The Morgan fingerprint density at radius 3 is 0.886 bits per heavy atom. The minimum atomic E-state index is 1.02. The Morgan fingerprint density at radius 1 is 0.286 bits per heavy atom. The minimum absolute atomic E-state index is 1.02. The van der Waals surface area contributed by atoms with Gasteiger partial charge in [-0.05, 0) is 66.6 Å². The molecule has 0 aromatic rings. The van der Waals surface area contributed by atoms with Crippen molar-refractivity contribution in [1.29, 1.82) is 0 Å². The predicted octanol–water partition coefficient (Wildman–Crippen LogP) is 12.5. The Bertz CT molecular complexity index is 431. The van der Waals surface area contributed by atoms with Gasteiger partial charge in [0.25, 0.3) is 0 Å². The summed E-state index contributed by atoms with van der Waals surface area (Å²) < 4.78 is 0. The normalized spacial score (nSPS) is 35.3. The van der Waals surface area contributed by atoms with Gasteiger partial charge < -0.3 is 0 Å². The van der Waals surface area contributed by atoms with E-state index in [1.54, 1.807) is 51.4 Å². The molecule has 0 N–H and O–H groups in total. The van der Waals surface area contributed by atoms with Gasteiger partial charge in [-0.1, -0.05) is 158 Å². The second kappa shape index (κ2) is 20.0. The van der Waals surface area contributed by atoms with Crippen LogP contribution in [0.4, 0.5) is 0 Å². The van der Waals surface area contributed by atoms with Crippen molar-refractivity contribution in [1.82, 2.24) is 0 Å². The van der Waals surface area contributed by atoms with Crippen LogP contribution in [-0.2, 0) is 0 Å². The largest absolute Gasteiger partial charge is 0.0683 e. The van der Waals surface area contributed by atoms with Crippen LogP contribution in [0.5, 0.6) is 0 Å². The lowest BCUT2D eigenvalue weighted by Crippen LogP contribution is -2.31. The molecule has 2 unspecified atom stereocenters. The van der Waals surface area contributed by atoms with Gasteiger partial charge in [0.1, 0.15) is 0 Å². The summed E-state index contributed by atoms with van der Waals surface area (Å²) in [5.74, 6) is 8.65. The summed E-state index contributed by atoms with van der Waals surface area (Å²) in [5, 5.41) is 0. The summed E-state index contributed by atoms with van der Waals surface area (Å²) in [6.45, 7) is 17.5. The average Bonchev–Trinajstić information content (AvgIpc) is 3.35. The van der Waals surface area contributed by atoms with E-state index in [2.05, 4.69) is 27.7 Å². The zero-order valence-electron chi connectivity index (χ0n) is 26.1. The third kappa shape index (κ3) is 13.4. The highest BCUT2D eigenvalue weighted by molar-refractivity contribution is 4.86. The highest BCUT2D eigenvalue weighted by atomic mass is 14.4. The lowest BCUT2D eigenvalue weighted by Gasteiger charge is -2.42. The molecular weight excluding hydrogens is 420 g/mol. The van der Waals surface area contributed by atoms with Crippen LogP contribution in [0.15, 0.2) is 0 Å². The van der Waals surface area contributed by atoms with E-state index in [1.807, 2.05) is 27.7 Å². The molecule has 5 fully saturated rings. The summed E-state index contributed by atoms with van der Waals surface area (Å²) in [6.07, 6.45) is 29.0. The molecule has 0 spiro atoms. The molecule has 35 heavy (non-hydrogen) atoms. The molecule has 210 valence electrons. The molecule has 5 rings (SSSR count). The third-order valence-corrected chi connectivity index (χ3v) is 10.2. The summed E-state index contributed by atoms with van der Waals surface area (Å²) in [4.78, 5) is 0. The lowest BCUT2D eigenvalue weighted by molar-refractivity contribution is 0.0878. The van der Waals surface area contributed by atoms with Gasteiger partial charge in [-0.2, -0.15) is 0 Å². The predicted molar refractivity (Wildman–Crippen MR) is 161 cm³/mol. The van der Waals surface area contributed by atoms with Crippen molar-refractivity contribution in [2.24, 2.45) is 47.3 Å².